The third-order valence-corrected chi connectivity index (χ3v) is 5.84. The largest absolute Gasteiger partial charge is 0.322 e. The zero-order valence-electron chi connectivity index (χ0n) is 18.0. The summed E-state index contributed by atoms with van der Waals surface area (Å²) < 4.78 is 14.0. The molecule has 2 amide bonds. The van der Waals surface area contributed by atoms with Crippen molar-refractivity contribution >= 4 is 11.7 Å². The lowest BCUT2D eigenvalue weighted by Gasteiger charge is -2.39. The van der Waals surface area contributed by atoms with E-state index in [2.05, 4.69) is 65.7 Å². The molecule has 0 unspecified atom stereocenters. The van der Waals surface area contributed by atoms with Gasteiger partial charge < -0.3 is 10.2 Å². The van der Waals surface area contributed by atoms with Crippen molar-refractivity contribution in [3.8, 4) is 0 Å². The second-order valence-electron chi connectivity index (χ2n) is 8.16. The SMILES string of the molecule is Cc1ccc([C@H](c2ccccc2)N2CCN(C(=O)Nc3cc(C)ccc3F)CC2)cc1. The van der Waals surface area contributed by atoms with Crippen molar-refractivity contribution in [3.63, 3.8) is 0 Å². The number of benzene rings is 3. The lowest BCUT2D eigenvalue weighted by molar-refractivity contribution is 0.126. The Labute approximate surface area is 183 Å². The Bertz CT molecular complexity index is 1030. The number of hydrogen-bond acceptors (Lipinski definition) is 2. The van der Waals surface area contributed by atoms with Gasteiger partial charge in [-0.15, -0.1) is 0 Å². The van der Waals surface area contributed by atoms with Crippen LogP contribution in [-0.2, 0) is 0 Å². The molecular weight excluding hydrogens is 389 g/mol. The predicted molar refractivity (Wildman–Crippen MR) is 123 cm³/mol. The van der Waals surface area contributed by atoms with Crippen LogP contribution in [0.4, 0.5) is 14.9 Å². The first-order valence-electron chi connectivity index (χ1n) is 10.7. The minimum atomic E-state index is -0.416. The monoisotopic (exact) mass is 417 g/mol. The average molecular weight is 418 g/mol. The number of halogens is 1. The normalized spacial score (nSPS) is 15.5. The van der Waals surface area contributed by atoms with Gasteiger partial charge in [0.15, 0.2) is 0 Å². The molecule has 1 fully saturated rings. The molecule has 31 heavy (non-hydrogen) atoms. The van der Waals surface area contributed by atoms with Gasteiger partial charge in [0, 0.05) is 26.2 Å². The molecule has 1 saturated heterocycles. The standard InChI is InChI=1S/C26H28FN3O/c1-19-8-11-22(12-9-19)25(21-6-4-3-5-7-21)29-14-16-30(17-15-29)26(31)28-24-18-20(2)10-13-23(24)27/h3-13,18,25H,14-17H2,1-2H3,(H,28,31)/t25-/m0/s1. The van der Waals surface area contributed by atoms with Gasteiger partial charge in [0.25, 0.3) is 0 Å². The first-order valence-corrected chi connectivity index (χ1v) is 10.7. The molecule has 1 heterocycles. The number of urea groups is 1. The molecule has 0 aliphatic carbocycles. The molecule has 0 bridgehead atoms. The quantitative estimate of drug-likeness (QED) is 0.618. The number of rotatable bonds is 4. The molecule has 160 valence electrons. The zero-order valence-corrected chi connectivity index (χ0v) is 18.0. The van der Waals surface area contributed by atoms with Gasteiger partial charge in [0.05, 0.1) is 11.7 Å². The number of nitrogens with one attached hydrogen (secondary N) is 1. The number of carbonyl (C=O) groups is 1. The molecule has 1 aliphatic rings. The van der Waals surface area contributed by atoms with Crippen LogP contribution in [0.1, 0.15) is 28.3 Å². The summed E-state index contributed by atoms with van der Waals surface area (Å²) in [5.41, 5.74) is 4.86. The van der Waals surface area contributed by atoms with Crippen LogP contribution < -0.4 is 5.32 Å². The van der Waals surface area contributed by atoms with Gasteiger partial charge in [-0.2, -0.15) is 0 Å². The van der Waals surface area contributed by atoms with Crippen molar-refractivity contribution in [1.82, 2.24) is 9.80 Å². The molecule has 0 aromatic heterocycles. The Kier molecular flexibility index (Phi) is 6.33. The van der Waals surface area contributed by atoms with Crippen LogP contribution >= 0.6 is 0 Å². The molecular formula is C26H28FN3O. The third kappa shape index (κ3) is 4.94. The molecule has 5 heteroatoms. The Morgan fingerprint density at radius 3 is 2.13 bits per heavy atom. The summed E-state index contributed by atoms with van der Waals surface area (Å²) in [6, 6.07) is 23.8. The molecule has 0 spiro atoms. The van der Waals surface area contributed by atoms with Crippen LogP contribution in [0.25, 0.3) is 0 Å². The summed E-state index contributed by atoms with van der Waals surface area (Å²) >= 11 is 0. The average Bonchev–Trinajstić information content (AvgIpc) is 2.79. The molecule has 1 atom stereocenters. The van der Waals surface area contributed by atoms with Crippen molar-refractivity contribution < 1.29 is 9.18 Å². The molecule has 4 nitrogen and oxygen atoms in total. The lowest BCUT2D eigenvalue weighted by Crippen LogP contribution is -2.51. The highest BCUT2D eigenvalue weighted by atomic mass is 19.1. The summed E-state index contributed by atoms with van der Waals surface area (Å²) in [6.07, 6.45) is 0. The van der Waals surface area contributed by atoms with Crippen LogP contribution in [0.3, 0.4) is 0 Å². The van der Waals surface area contributed by atoms with Gasteiger partial charge in [0.2, 0.25) is 0 Å². The van der Waals surface area contributed by atoms with Gasteiger partial charge in [-0.1, -0.05) is 66.2 Å². The second kappa shape index (κ2) is 9.31. The van der Waals surface area contributed by atoms with E-state index in [-0.39, 0.29) is 17.8 Å². The molecule has 4 rings (SSSR count). The van der Waals surface area contributed by atoms with Gasteiger partial charge in [-0.05, 0) is 42.7 Å². The maximum Gasteiger partial charge on any atom is 0.322 e. The number of hydrogen-bond donors (Lipinski definition) is 1. The minimum absolute atomic E-state index is 0.140. The number of anilines is 1. The van der Waals surface area contributed by atoms with E-state index in [1.165, 1.54) is 22.8 Å². The Morgan fingerprint density at radius 1 is 0.839 bits per heavy atom. The highest BCUT2D eigenvalue weighted by Gasteiger charge is 2.28. The van der Waals surface area contributed by atoms with Crippen molar-refractivity contribution in [1.29, 1.82) is 0 Å². The lowest BCUT2D eigenvalue weighted by atomic mass is 9.95. The van der Waals surface area contributed by atoms with Crippen LogP contribution in [0.15, 0.2) is 72.8 Å². The number of piperazine rings is 1. The van der Waals surface area contributed by atoms with Gasteiger partial charge in [-0.3, -0.25) is 4.90 Å². The second-order valence-corrected chi connectivity index (χ2v) is 8.16. The van der Waals surface area contributed by atoms with Gasteiger partial charge in [-0.25, -0.2) is 9.18 Å². The summed E-state index contributed by atoms with van der Waals surface area (Å²) in [5.74, 6) is -0.416. The number of carbonyl (C=O) groups excluding carboxylic acids is 1. The highest BCUT2D eigenvalue weighted by molar-refractivity contribution is 5.89. The van der Waals surface area contributed by atoms with E-state index in [1.54, 1.807) is 17.0 Å². The maximum atomic E-state index is 14.0. The fourth-order valence-electron chi connectivity index (χ4n) is 4.11. The fraction of sp³-hybridized carbons (Fsp3) is 0.269. The smallest absolute Gasteiger partial charge is 0.322 e. The Morgan fingerprint density at radius 2 is 1.45 bits per heavy atom. The van der Waals surface area contributed by atoms with Gasteiger partial charge >= 0.3 is 6.03 Å². The Hall–Kier alpha value is -3.18. The predicted octanol–water partition coefficient (Wildman–Crippen LogP) is 5.38. The zero-order chi connectivity index (χ0) is 21.8. The Balaban J connectivity index is 1.47. The molecule has 3 aromatic rings. The molecule has 1 N–H and O–H groups in total. The van der Waals surface area contributed by atoms with Crippen molar-refractivity contribution in [2.24, 2.45) is 0 Å². The first-order chi connectivity index (χ1) is 15.0. The van der Waals surface area contributed by atoms with Gasteiger partial charge in [0.1, 0.15) is 5.82 Å². The minimum Gasteiger partial charge on any atom is -0.322 e. The summed E-state index contributed by atoms with van der Waals surface area (Å²) in [5, 5.41) is 2.73. The van der Waals surface area contributed by atoms with Crippen LogP contribution in [-0.4, -0.2) is 42.0 Å². The highest BCUT2D eigenvalue weighted by Crippen LogP contribution is 2.30. The summed E-state index contributed by atoms with van der Waals surface area (Å²) in [6.45, 7) is 6.65. The van der Waals surface area contributed by atoms with Crippen LogP contribution in [0.2, 0.25) is 0 Å². The van der Waals surface area contributed by atoms with Crippen LogP contribution in [0.5, 0.6) is 0 Å². The number of nitrogens with zero attached hydrogens (tertiary/aromatic N) is 2. The molecule has 1 aliphatic heterocycles. The van der Waals surface area contributed by atoms with Crippen molar-refractivity contribution in [2.45, 2.75) is 19.9 Å². The van der Waals surface area contributed by atoms with E-state index >= 15 is 0 Å². The van der Waals surface area contributed by atoms with Crippen molar-refractivity contribution in [2.75, 3.05) is 31.5 Å². The van der Waals surface area contributed by atoms with Crippen molar-refractivity contribution in [3.05, 3.63) is 101 Å². The van der Waals surface area contributed by atoms with E-state index in [9.17, 15) is 9.18 Å². The topological polar surface area (TPSA) is 35.6 Å². The van der Waals surface area contributed by atoms with E-state index in [1.807, 2.05) is 13.0 Å². The summed E-state index contributed by atoms with van der Waals surface area (Å²) in [4.78, 5) is 16.9. The number of amides is 2. The molecule has 3 aromatic carbocycles. The van der Waals surface area contributed by atoms with E-state index in [0.717, 1.165) is 18.7 Å². The maximum absolute atomic E-state index is 14.0. The summed E-state index contributed by atoms with van der Waals surface area (Å²) in [7, 11) is 0. The first kappa shape index (κ1) is 21.1. The third-order valence-electron chi connectivity index (χ3n) is 5.84. The molecule has 0 radical (unpaired) electrons. The van der Waals surface area contributed by atoms with E-state index < -0.39 is 5.82 Å². The van der Waals surface area contributed by atoms with E-state index in [4.69, 9.17) is 0 Å². The fourth-order valence-corrected chi connectivity index (χ4v) is 4.11. The number of aryl methyl sites for hydroxylation is 2. The van der Waals surface area contributed by atoms with Crippen LogP contribution in [0, 0.1) is 19.7 Å². The van der Waals surface area contributed by atoms with E-state index in [0.29, 0.717) is 13.1 Å². The molecule has 0 saturated carbocycles.